The summed E-state index contributed by atoms with van der Waals surface area (Å²) in [5.74, 6) is 0.151. The summed E-state index contributed by atoms with van der Waals surface area (Å²) in [4.78, 5) is 4.04. The highest BCUT2D eigenvalue weighted by Gasteiger charge is 2.06. The number of pyridine rings is 1. The van der Waals surface area contributed by atoms with Gasteiger partial charge in [-0.15, -0.1) is 0 Å². The van der Waals surface area contributed by atoms with E-state index >= 15 is 0 Å². The molecule has 2 aromatic rings. The number of aromatic nitrogens is 1. The maximum atomic E-state index is 13.3. The average molecular weight is 228 g/mol. The summed E-state index contributed by atoms with van der Waals surface area (Å²) >= 11 is 0. The van der Waals surface area contributed by atoms with Crippen molar-refractivity contribution in [2.24, 2.45) is 0 Å². The second kappa shape index (κ2) is 4.62. The lowest BCUT2D eigenvalue weighted by Gasteiger charge is -2.07. The molecule has 0 amide bonds. The molecular weight excluding hydrogens is 219 g/mol. The first kappa shape index (κ1) is 11.1. The van der Waals surface area contributed by atoms with Crippen LogP contribution < -0.4 is 4.74 Å². The van der Waals surface area contributed by atoms with Gasteiger partial charge in [0.1, 0.15) is 17.6 Å². The molecule has 0 bridgehead atoms. The monoisotopic (exact) mass is 228 g/mol. The van der Waals surface area contributed by atoms with Gasteiger partial charge < -0.3 is 4.74 Å². The molecule has 17 heavy (non-hydrogen) atoms. The van der Waals surface area contributed by atoms with E-state index in [9.17, 15) is 4.39 Å². The molecule has 3 nitrogen and oxygen atoms in total. The van der Waals surface area contributed by atoms with Crippen LogP contribution in [0.4, 0.5) is 4.39 Å². The molecule has 0 N–H and O–H groups in total. The Balaban J connectivity index is 2.29. The Morgan fingerprint density at radius 3 is 2.82 bits per heavy atom. The molecule has 0 saturated heterocycles. The second-order valence-electron chi connectivity index (χ2n) is 3.48. The van der Waals surface area contributed by atoms with Gasteiger partial charge in [0, 0.05) is 17.8 Å². The summed E-state index contributed by atoms with van der Waals surface area (Å²) in [5, 5.41) is 8.60. The van der Waals surface area contributed by atoms with Crippen molar-refractivity contribution >= 4 is 0 Å². The predicted octanol–water partition coefficient (Wildman–Crippen LogP) is 3.19. The number of benzene rings is 1. The smallest absolute Gasteiger partial charge is 0.222 e. The molecule has 0 atom stereocenters. The molecule has 1 aromatic heterocycles. The fourth-order valence-electron chi connectivity index (χ4n) is 1.34. The van der Waals surface area contributed by atoms with Gasteiger partial charge in [0.25, 0.3) is 0 Å². The molecular formula is C13H9FN2O. The standard InChI is InChI=1S/C13H9FN2O/c1-9-3-2-6-16-13(9)17-11-5-4-10(8-15)12(14)7-11/h2-7H,1H3. The summed E-state index contributed by atoms with van der Waals surface area (Å²) < 4.78 is 18.8. The molecule has 1 aromatic carbocycles. The molecule has 0 fully saturated rings. The Morgan fingerprint density at radius 2 is 2.18 bits per heavy atom. The number of nitrogens with zero attached hydrogens (tertiary/aromatic N) is 2. The highest BCUT2D eigenvalue weighted by atomic mass is 19.1. The highest BCUT2D eigenvalue weighted by molar-refractivity contribution is 5.38. The highest BCUT2D eigenvalue weighted by Crippen LogP contribution is 2.23. The minimum atomic E-state index is -0.599. The number of aryl methyl sites for hydroxylation is 1. The van der Waals surface area contributed by atoms with Gasteiger partial charge in [-0.3, -0.25) is 0 Å². The van der Waals surface area contributed by atoms with Gasteiger partial charge in [-0.2, -0.15) is 5.26 Å². The van der Waals surface area contributed by atoms with Crippen LogP contribution in [0.15, 0.2) is 36.5 Å². The van der Waals surface area contributed by atoms with Crippen LogP contribution in [0, 0.1) is 24.1 Å². The third-order valence-electron chi connectivity index (χ3n) is 2.24. The maximum absolute atomic E-state index is 13.3. The van der Waals surface area contributed by atoms with Crippen LogP contribution in [0.5, 0.6) is 11.6 Å². The second-order valence-corrected chi connectivity index (χ2v) is 3.48. The van der Waals surface area contributed by atoms with Gasteiger partial charge in [0.15, 0.2) is 0 Å². The molecule has 4 heteroatoms. The third-order valence-corrected chi connectivity index (χ3v) is 2.24. The molecule has 0 unspecified atom stereocenters. The number of hydrogen-bond acceptors (Lipinski definition) is 3. The molecule has 84 valence electrons. The summed E-state index contributed by atoms with van der Waals surface area (Å²) in [6.07, 6.45) is 1.60. The van der Waals surface area contributed by atoms with Gasteiger partial charge in [-0.1, -0.05) is 6.07 Å². The van der Waals surface area contributed by atoms with Crippen molar-refractivity contribution < 1.29 is 9.13 Å². The summed E-state index contributed by atoms with van der Waals surface area (Å²) in [6.45, 7) is 1.85. The quantitative estimate of drug-likeness (QED) is 0.792. The maximum Gasteiger partial charge on any atom is 0.222 e. The van der Waals surface area contributed by atoms with Crippen LogP contribution in [0.25, 0.3) is 0 Å². The Hall–Kier alpha value is -2.41. The molecule has 0 radical (unpaired) electrons. The van der Waals surface area contributed by atoms with Gasteiger partial charge in [0.05, 0.1) is 5.56 Å². The first-order valence-corrected chi connectivity index (χ1v) is 5.00. The van der Waals surface area contributed by atoms with E-state index in [1.807, 2.05) is 13.0 Å². The van der Waals surface area contributed by atoms with Crippen LogP contribution in [-0.2, 0) is 0 Å². The van der Waals surface area contributed by atoms with E-state index in [0.29, 0.717) is 11.6 Å². The number of hydrogen-bond donors (Lipinski definition) is 0. The Morgan fingerprint density at radius 1 is 1.35 bits per heavy atom. The van der Waals surface area contributed by atoms with E-state index in [1.54, 1.807) is 18.3 Å². The third kappa shape index (κ3) is 2.40. The fraction of sp³-hybridized carbons (Fsp3) is 0.0769. The lowest BCUT2D eigenvalue weighted by molar-refractivity contribution is 0.454. The molecule has 0 spiro atoms. The Labute approximate surface area is 98.1 Å². The van der Waals surface area contributed by atoms with Crippen molar-refractivity contribution in [2.75, 3.05) is 0 Å². The summed E-state index contributed by atoms with van der Waals surface area (Å²) in [5.41, 5.74) is 0.854. The predicted molar refractivity (Wildman–Crippen MR) is 60.2 cm³/mol. The van der Waals surface area contributed by atoms with E-state index in [1.165, 1.54) is 18.2 Å². The zero-order valence-corrected chi connectivity index (χ0v) is 9.14. The Kier molecular flexibility index (Phi) is 3.01. The fourth-order valence-corrected chi connectivity index (χ4v) is 1.34. The van der Waals surface area contributed by atoms with E-state index in [2.05, 4.69) is 4.98 Å². The molecule has 2 rings (SSSR count). The minimum absolute atomic E-state index is 0.00454. The van der Waals surface area contributed by atoms with Gasteiger partial charge in [0.2, 0.25) is 5.88 Å². The largest absolute Gasteiger partial charge is 0.439 e. The van der Waals surface area contributed by atoms with Gasteiger partial charge in [-0.25, -0.2) is 9.37 Å². The number of nitriles is 1. The van der Waals surface area contributed by atoms with Crippen molar-refractivity contribution in [3.05, 3.63) is 53.5 Å². The molecule has 0 aliphatic carbocycles. The van der Waals surface area contributed by atoms with Crippen molar-refractivity contribution in [1.29, 1.82) is 5.26 Å². The van der Waals surface area contributed by atoms with E-state index < -0.39 is 5.82 Å². The summed E-state index contributed by atoms with van der Waals surface area (Å²) in [7, 11) is 0. The molecule has 0 saturated carbocycles. The average Bonchev–Trinajstić information content (AvgIpc) is 2.32. The Bertz CT molecular complexity index is 590. The SMILES string of the molecule is Cc1cccnc1Oc1ccc(C#N)c(F)c1. The number of ether oxygens (including phenoxy) is 1. The van der Waals surface area contributed by atoms with Crippen LogP contribution in [0.3, 0.4) is 0 Å². The van der Waals surface area contributed by atoms with E-state index in [-0.39, 0.29) is 5.56 Å². The lowest BCUT2D eigenvalue weighted by atomic mass is 10.2. The minimum Gasteiger partial charge on any atom is -0.439 e. The van der Waals surface area contributed by atoms with Gasteiger partial charge >= 0.3 is 0 Å². The molecule has 0 aliphatic rings. The number of rotatable bonds is 2. The zero-order valence-electron chi connectivity index (χ0n) is 9.14. The van der Waals surface area contributed by atoms with Crippen LogP contribution >= 0.6 is 0 Å². The van der Waals surface area contributed by atoms with Crippen LogP contribution in [0.1, 0.15) is 11.1 Å². The number of halogens is 1. The van der Waals surface area contributed by atoms with E-state index in [4.69, 9.17) is 10.00 Å². The van der Waals surface area contributed by atoms with Crippen LogP contribution in [-0.4, -0.2) is 4.98 Å². The van der Waals surface area contributed by atoms with Crippen molar-refractivity contribution in [3.8, 4) is 17.7 Å². The molecule has 0 aliphatic heterocycles. The first-order valence-electron chi connectivity index (χ1n) is 5.00. The normalized spacial score (nSPS) is 9.71. The van der Waals surface area contributed by atoms with Crippen LogP contribution in [0.2, 0.25) is 0 Å². The lowest BCUT2D eigenvalue weighted by Crippen LogP contribution is -1.92. The van der Waals surface area contributed by atoms with Gasteiger partial charge in [-0.05, 0) is 25.1 Å². The first-order chi connectivity index (χ1) is 8.20. The van der Waals surface area contributed by atoms with Crippen molar-refractivity contribution in [1.82, 2.24) is 4.98 Å². The van der Waals surface area contributed by atoms with E-state index in [0.717, 1.165) is 5.56 Å². The van der Waals surface area contributed by atoms with Crippen molar-refractivity contribution in [3.63, 3.8) is 0 Å². The zero-order chi connectivity index (χ0) is 12.3. The molecule has 1 heterocycles. The van der Waals surface area contributed by atoms with Crippen molar-refractivity contribution in [2.45, 2.75) is 6.92 Å². The summed E-state index contributed by atoms with van der Waals surface area (Å²) in [6, 6.07) is 9.48. The topological polar surface area (TPSA) is 45.9 Å².